The number of benzene rings is 3. The van der Waals surface area contributed by atoms with E-state index in [9.17, 15) is 19.8 Å². The fourth-order valence-electron chi connectivity index (χ4n) is 5.87. The van der Waals surface area contributed by atoms with Gasteiger partial charge in [0.25, 0.3) is 0 Å². The highest BCUT2D eigenvalue weighted by molar-refractivity contribution is 6.34. The molecular formula is C31H31ClF2N2O6. The topological polar surface area (TPSA) is 99.5 Å². The van der Waals surface area contributed by atoms with Crippen LogP contribution in [0.4, 0.5) is 19.3 Å². The van der Waals surface area contributed by atoms with Gasteiger partial charge in [0.2, 0.25) is 0 Å². The number of ether oxygens (including phenoxy) is 2. The number of hydrogen-bond donors (Lipinski definition) is 2. The lowest BCUT2D eigenvalue weighted by atomic mass is 9.82. The third-order valence-corrected chi connectivity index (χ3v) is 7.89. The van der Waals surface area contributed by atoms with Crippen molar-refractivity contribution < 1.29 is 38.1 Å². The standard InChI is InChI=1S/C31H31ClF2N2O6/c1-30(2,3)42-29(40)35-11-12-36-22-15-21(33)26(32)24(20(22)16-31(36,17-35)18-7-5-4-6-8-18)25-19(28(38)39)9-10-23(27(25)34)41-14-13-37/h4-10,15,37H,11-14,16-17H2,1-3H3,(H,38,39). The molecule has 0 aromatic heterocycles. The third-order valence-electron chi connectivity index (χ3n) is 7.52. The van der Waals surface area contributed by atoms with E-state index in [4.69, 9.17) is 21.1 Å². The molecule has 1 unspecified atom stereocenters. The number of halogens is 3. The molecule has 1 fully saturated rings. The van der Waals surface area contributed by atoms with Gasteiger partial charge in [0, 0.05) is 36.3 Å². The number of carbonyl (C=O) groups excluding carboxylic acids is 1. The van der Waals surface area contributed by atoms with E-state index < -0.39 is 57.6 Å². The third kappa shape index (κ3) is 5.13. The maximum atomic E-state index is 16.1. The van der Waals surface area contributed by atoms with Crippen LogP contribution in [0.1, 0.15) is 42.3 Å². The van der Waals surface area contributed by atoms with Gasteiger partial charge in [-0.1, -0.05) is 41.9 Å². The lowest BCUT2D eigenvalue weighted by Gasteiger charge is -2.48. The van der Waals surface area contributed by atoms with Gasteiger partial charge in [-0.2, -0.15) is 0 Å². The molecule has 0 aliphatic carbocycles. The first kappa shape index (κ1) is 29.6. The molecule has 0 radical (unpaired) electrons. The van der Waals surface area contributed by atoms with Crippen molar-refractivity contribution in [1.82, 2.24) is 4.90 Å². The highest BCUT2D eigenvalue weighted by Crippen LogP contribution is 2.53. The van der Waals surface area contributed by atoms with Crippen molar-refractivity contribution >= 4 is 29.4 Å². The zero-order chi connectivity index (χ0) is 30.4. The summed E-state index contributed by atoms with van der Waals surface area (Å²) < 4.78 is 42.6. The van der Waals surface area contributed by atoms with Crippen LogP contribution in [0.5, 0.6) is 5.75 Å². The van der Waals surface area contributed by atoms with E-state index >= 15 is 8.78 Å². The minimum absolute atomic E-state index is 0.0930. The molecule has 3 aromatic carbocycles. The summed E-state index contributed by atoms with van der Waals surface area (Å²) in [4.78, 5) is 29.1. The molecule has 5 rings (SSSR count). The van der Waals surface area contributed by atoms with E-state index in [0.29, 0.717) is 17.8 Å². The summed E-state index contributed by atoms with van der Waals surface area (Å²) in [6.07, 6.45) is -0.327. The van der Waals surface area contributed by atoms with Crippen molar-refractivity contribution in [2.75, 3.05) is 37.7 Å². The number of piperazine rings is 1. The number of carbonyl (C=O) groups is 2. The maximum absolute atomic E-state index is 16.1. The molecule has 1 amide bonds. The highest BCUT2D eigenvalue weighted by Gasteiger charge is 2.51. The normalized spacial score (nSPS) is 18.0. The first-order valence-electron chi connectivity index (χ1n) is 13.5. The minimum Gasteiger partial charge on any atom is -0.488 e. The van der Waals surface area contributed by atoms with Crippen molar-refractivity contribution in [2.45, 2.75) is 38.3 Å². The molecular weight excluding hydrogens is 570 g/mol. The molecule has 2 aliphatic heterocycles. The zero-order valence-electron chi connectivity index (χ0n) is 23.4. The average Bonchev–Trinajstić information content (AvgIpc) is 3.27. The number of amides is 1. The molecule has 42 heavy (non-hydrogen) atoms. The maximum Gasteiger partial charge on any atom is 0.410 e. The van der Waals surface area contributed by atoms with Crippen LogP contribution in [-0.4, -0.2) is 65.6 Å². The fourth-order valence-corrected chi connectivity index (χ4v) is 6.13. The molecule has 0 saturated carbocycles. The number of nitrogens with zero attached hydrogens (tertiary/aromatic N) is 2. The number of hydrogen-bond acceptors (Lipinski definition) is 6. The SMILES string of the molecule is CC(C)(C)OC(=O)N1CCN2c3cc(F)c(Cl)c(-c4c(C(=O)O)ccc(OCCO)c4F)c3CC2(c2ccccc2)C1. The van der Waals surface area contributed by atoms with Gasteiger partial charge in [0.15, 0.2) is 11.6 Å². The van der Waals surface area contributed by atoms with Gasteiger partial charge in [-0.15, -0.1) is 0 Å². The Labute approximate surface area is 247 Å². The van der Waals surface area contributed by atoms with Gasteiger partial charge in [-0.25, -0.2) is 18.4 Å². The average molecular weight is 601 g/mol. The van der Waals surface area contributed by atoms with Crippen LogP contribution in [0.15, 0.2) is 48.5 Å². The van der Waals surface area contributed by atoms with Crippen LogP contribution in [0.2, 0.25) is 5.02 Å². The first-order chi connectivity index (χ1) is 19.9. The number of carboxylic acid groups (broad SMARTS) is 1. The number of aliphatic hydroxyl groups excluding tert-OH is 1. The summed E-state index contributed by atoms with van der Waals surface area (Å²) in [7, 11) is 0. The van der Waals surface area contributed by atoms with Crippen LogP contribution in [0, 0.1) is 11.6 Å². The summed E-state index contributed by atoms with van der Waals surface area (Å²) in [5.41, 5.74) is -0.854. The minimum atomic E-state index is -1.43. The second-order valence-electron chi connectivity index (χ2n) is 11.4. The van der Waals surface area contributed by atoms with Crippen molar-refractivity contribution in [1.29, 1.82) is 0 Å². The van der Waals surface area contributed by atoms with E-state index in [1.807, 2.05) is 35.2 Å². The van der Waals surface area contributed by atoms with Gasteiger partial charge < -0.3 is 29.5 Å². The highest BCUT2D eigenvalue weighted by atomic mass is 35.5. The Morgan fingerprint density at radius 3 is 2.43 bits per heavy atom. The monoisotopic (exact) mass is 600 g/mol. The number of anilines is 1. The Morgan fingerprint density at radius 1 is 1.07 bits per heavy atom. The second kappa shape index (κ2) is 11.1. The van der Waals surface area contributed by atoms with Crippen molar-refractivity contribution in [3.63, 3.8) is 0 Å². The number of fused-ring (bicyclic) bond motifs is 3. The smallest absolute Gasteiger partial charge is 0.410 e. The van der Waals surface area contributed by atoms with Gasteiger partial charge in [-0.3, -0.25) is 0 Å². The first-order valence-corrected chi connectivity index (χ1v) is 13.9. The van der Waals surface area contributed by atoms with Crippen molar-refractivity contribution in [3.8, 4) is 16.9 Å². The predicted octanol–water partition coefficient (Wildman–Crippen LogP) is 5.86. The van der Waals surface area contributed by atoms with Gasteiger partial charge in [0.1, 0.15) is 18.0 Å². The molecule has 11 heteroatoms. The summed E-state index contributed by atoms with van der Waals surface area (Å²) in [5, 5.41) is 18.7. The summed E-state index contributed by atoms with van der Waals surface area (Å²) >= 11 is 6.54. The Kier molecular flexibility index (Phi) is 7.80. The molecule has 1 atom stereocenters. The van der Waals surface area contributed by atoms with Gasteiger partial charge in [-0.05, 0) is 50.1 Å². The largest absolute Gasteiger partial charge is 0.488 e. The van der Waals surface area contributed by atoms with Gasteiger partial charge >= 0.3 is 12.1 Å². The van der Waals surface area contributed by atoms with E-state index in [0.717, 1.165) is 11.6 Å². The van der Waals surface area contributed by atoms with Crippen LogP contribution in [0.3, 0.4) is 0 Å². The lowest BCUT2D eigenvalue weighted by molar-refractivity contribution is 0.0164. The fraction of sp³-hybridized carbons (Fsp3) is 0.355. The Hall–Kier alpha value is -3.89. The Bertz CT molecular complexity index is 1540. The number of aliphatic hydroxyl groups is 1. The summed E-state index contributed by atoms with van der Waals surface area (Å²) in [6, 6.07) is 13.0. The van der Waals surface area contributed by atoms with E-state index in [1.165, 1.54) is 12.1 Å². The van der Waals surface area contributed by atoms with Gasteiger partial charge in [0.05, 0.1) is 29.3 Å². The molecule has 0 bridgehead atoms. The number of carboxylic acids is 1. The molecule has 2 N–H and O–H groups in total. The lowest BCUT2D eigenvalue weighted by Crippen LogP contribution is -2.60. The summed E-state index contributed by atoms with van der Waals surface area (Å²) in [6.45, 7) is 5.47. The molecule has 2 heterocycles. The Balaban J connectivity index is 1.72. The quantitative estimate of drug-likeness (QED) is 0.365. The van der Waals surface area contributed by atoms with E-state index in [-0.39, 0.29) is 37.4 Å². The van der Waals surface area contributed by atoms with Crippen LogP contribution >= 0.6 is 11.6 Å². The zero-order valence-corrected chi connectivity index (χ0v) is 24.2. The second-order valence-corrected chi connectivity index (χ2v) is 11.7. The predicted molar refractivity (Wildman–Crippen MR) is 153 cm³/mol. The van der Waals surface area contributed by atoms with Crippen LogP contribution in [-0.2, 0) is 16.7 Å². The van der Waals surface area contributed by atoms with Crippen LogP contribution in [0.25, 0.3) is 11.1 Å². The molecule has 3 aromatic rings. The molecule has 0 spiro atoms. The molecule has 2 aliphatic rings. The van der Waals surface area contributed by atoms with Crippen molar-refractivity contribution in [3.05, 3.63) is 81.9 Å². The van der Waals surface area contributed by atoms with E-state index in [2.05, 4.69) is 0 Å². The van der Waals surface area contributed by atoms with E-state index in [1.54, 1.807) is 25.7 Å². The summed E-state index contributed by atoms with van der Waals surface area (Å²) in [5.74, 6) is -3.62. The van der Waals surface area contributed by atoms with Crippen LogP contribution < -0.4 is 9.64 Å². The number of rotatable bonds is 6. The molecule has 8 nitrogen and oxygen atoms in total. The number of aromatic carboxylic acids is 1. The molecule has 1 saturated heterocycles. The molecule has 222 valence electrons. The van der Waals surface area contributed by atoms with Crippen molar-refractivity contribution in [2.24, 2.45) is 0 Å². The Morgan fingerprint density at radius 2 is 1.79 bits per heavy atom.